The van der Waals surface area contributed by atoms with Gasteiger partial charge in [-0.25, -0.2) is 0 Å². The number of rotatable bonds is 5. The summed E-state index contributed by atoms with van der Waals surface area (Å²) < 4.78 is 0. The van der Waals surface area contributed by atoms with Crippen molar-refractivity contribution in [1.29, 1.82) is 0 Å². The lowest BCUT2D eigenvalue weighted by atomic mass is 9.81. The number of nitrogens with one attached hydrogen (secondary N) is 2. The largest absolute Gasteiger partial charge is 0.356 e. The predicted octanol–water partition coefficient (Wildman–Crippen LogP) is 2.17. The van der Waals surface area contributed by atoms with E-state index in [1.165, 1.54) is 0 Å². The van der Waals surface area contributed by atoms with E-state index in [-0.39, 0.29) is 11.3 Å². The Bertz CT molecular complexity index is 243. The third-order valence-corrected chi connectivity index (χ3v) is 4.24. The van der Waals surface area contributed by atoms with Gasteiger partial charge in [0.25, 0.3) is 0 Å². The van der Waals surface area contributed by atoms with E-state index in [1.54, 1.807) is 0 Å². The van der Waals surface area contributed by atoms with Crippen LogP contribution >= 0.6 is 0 Å². The SMILES string of the molecule is CC(C)C(C)(C)CNC(=O)CC1CCNCC1. The van der Waals surface area contributed by atoms with E-state index in [1.807, 2.05) is 0 Å². The Hall–Kier alpha value is -0.570. The molecule has 0 aliphatic carbocycles. The first kappa shape index (κ1) is 14.5. The summed E-state index contributed by atoms with van der Waals surface area (Å²) >= 11 is 0. The van der Waals surface area contributed by atoms with Gasteiger partial charge in [0, 0.05) is 13.0 Å². The first-order valence-electron chi connectivity index (χ1n) is 6.89. The molecule has 0 bridgehead atoms. The zero-order valence-corrected chi connectivity index (χ0v) is 11.8. The Labute approximate surface area is 106 Å². The second-order valence-corrected chi connectivity index (χ2v) is 6.32. The van der Waals surface area contributed by atoms with Gasteiger partial charge in [-0.15, -0.1) is 0 Å². The molecule has 1 saturated heterocycles. The number of hydrogen-bond acceptors (Lipinski definition) is 2. The lowest BCUT2D eigenvalue weighted by molar-refractivity contribution is -0.122. The van der Waals surface area contributed by atoms with Crippen molar-refractivity contribution in [2.75, 3.05) is 19.6 Å². The van der Waals surface area contributed by atoms with Crippen LogP contribution in [0.5, 0.6) is 0 Å². The van der Waals surface area contributed by atoms with Crippen molar-refractivity contribution in [3.05, 3.63) is 0 Å². The van der Waals surface area contributed by atoms with E-state index < -0.39 is 0 Å². The van der Waals surface area contributed by atoms with E-state index >= 15 is 0 Å². The van der Waals surface area contributed by atoms with Crippen molar-refractivity contribution in [3.8, 4) is 0 Å². The standard InChI is InChI=1S/C14H28N2O/c1-11(2)14(3,4)10-16-13(17)9-12-5-7-15-8-6-12/h11-12,15H,5-10H2,1-4H3,(H,16,17). The molecule has 1 aliphatic heterocycles. The topological polar surface area (TPSA) is 41.1 Å². The molecule has 0 aromatic carbocycles. The minimum atomic E-state index is 0.184. The van der Waals surface area contributed by atoms with E-state index in [0.29, 0.717) is 18.3 Å². The molecular weight excluding hydrogens is 212 g/mol. The van der Waals surface area contributed by atoms with Crippen molar-refractivity contribution in [2.45, 2.75) is 47.0 Å². The molecule has 0 atom stereocenters. The lowest BCUT2D eigenvalue weighted by Gasteiger charge is -2.30. The Balaban J connectivity index is 2.25. The predicted molar refractivity (Wildman–Crippen MR) is 71.8 cm³/mol. The Morgan fingerprint density at radius 2 is 1.94 bits per heavy atom. The maximum atomic E-state index is 11.8. The fraction of sp³-hybridized carbons (Fsp3) is 0.929. The summed E-state index contributed by atoms with van der Waals surface area (Å²) in [7, 11) is 0. The van der Waals surface area contributed by atoms with Crippen LogP contribution in [-0.2, 0) is 4.79 Å². The summed E-state index contributed by atoms with van der Waals surface area (Å²) in [5.74, 6) is 1.39. The molecule has 1 fully saturated rings. The van der Waals surface area contributed by atoms with Gasteiger partial charge in [0.2, 0.25) is 5.91 Å². The average Bonchev–Trinajstić information content (AvgIpc) is 2.28. The van der Waals surface area contributed by atoms with E-state index in [0.717, 1.165) is 32.5 Å². The molecule has 3 nitrogen and oxygen atoms in total. The van der Waals surface area contributed by atoms with Crippen molar-refractivity contribution >= 4 is 5.91 Å². The first-order chi connectivity index (χ1) is 7.92. The number of piperidine rings is 1. The molecule has 0 aromatic heterocycles. The van der Waals surface area contributed by atoms with E-state index in [4.69, 9.17) is 0 Å². The maximum Gasteiger partial charge on any atom is 0.220 e. The normalized spacial score (nSPS) is 18.4. The molecular formula is C14H28N2O. The summed E-state index contributed by atoms with van der Waals surface area (Å²) in [6.45, 7) is 11.8. The molecule has 0 unspecified atom stereocenters. The summed E-state index contributed by atoms with van der Waals surface area (Å²) in [5.41, 5.74) is 0.184. The second kappa shape index (κ2) is 6.39. The van der Waals surface area contributed by atoms with Crippen LogP contribution in [0.3, 0.4) is 0 Å². The highest BCUT2D eigenvalue weighted by Gasteiger charge is 2.23. The Kier molecular flexibility index (Phi) is 5.44. The zero-order valence-electron chi connectivity index (χ0n) is 11.8. The van der Waals surface area contributed by atoms with Gasteiger partial charge in [0.15, 0.2) is 0 Å². The highest BCUT2D eigenvalue weighted by Crippen LogP contribution is 2.25. The van der Waals surface area contributed by atoms with Crippen LogP contribution in [0.2, 0.25) is 0 Å². The first-order valence-corrected chi connectivity index (χ1v) is 6.89. The monoisotopic (exact) mass is 240 g/mol. The molecule has 0 radical (unpaired) electrons. The minimum Gasteiger partial charge on any atom is -0.356 e. The van der Waals surface area contributed by atoms with Crippen LogP contribution in [0.15, 0.2) is 0 Å². The van der Waals surface area contributed by atoms with Crippen LogP contribution in [0, 0.1) is 17.3 Å². The number of amides is 1. The number of carbonyl (C=O) groups is 1. The quantitative estimate of drug-likeness (QED) is 0.773. The van der Waals surface area contributed by atoms with Gasteiger partial charge in [-0.2, -0.15) is 0 Å². The Morgan fingerprint density at radius 1 is 1.35 bits per heavy atom. The maximum absolute atomic E-state index is 11.8. The second-order valence-electron chi connectivity index (χ2n) is 6.32. The van der Waals surface area contributed by atoms with Gasteiger partial charge in [-0.3, -0.25) is 4.79 Å². The summed E-state index contributed by atoms with van der Waals surface area (Å²) in [6, 6.07) is 0. The van der Waals surface area contributed by atoms with Gasteiger partial charge in [0.1, 0.15) is 0 Å². The summed E-state index contributed by atoms with van der Waals surface area (Å²) in [5, 5.41) is 6.42. The molecule has 0 saturated carbocycles. The average molecular weight is 240 g/mol. The fourth-order valence-corrected chi connectivity index (χ4v) is 1.95. The Morgan fingerprint density at radius 3 is 2.47 bits per heavy atom. The van der Waals surface area contributed by atoms with Crippen LogP contribution < -0.4 is 10.6 Å². The van der Waals surface area contributed by atoms with Crippen molar-refractivity contribution < 1.29 is 4.79 Å². The number of hydrogen-bond donors (Lipinski definition) is 2. The van der Waals surface area contributed by atoms with Crippen molar-refractivity contribution in [3.63, 3.8) is 0 Å². The zero-order chi connectivity index (χ0) is 12.9. The minimum absolute atomic E-state index is 0.184. The molecule has 1 rings (SSSR count). The molecule has 1 amide bonds. The van der Waals surface area contributed by atoms with E-state index in [9.17, 15) is 4.79 Å². The van der Waals surface area contributed by atoms with Crippen molar-refractivity contribution in [2.24, 2.45) is 17.3 Å². The van der Waals surface area contributed by atoms with Gasteiger partial charge in [0.05, 0.1) is 0 Å². The number of carbonyl (C=O) groups excluding carboxylic acids is 1. The smallest absolute Gasteiger partial charge is 0.220 e. The van der Waals surface area contributed by atoms with Crippen LogP contribution in [-0.4, -0.2) is 25.5 Å². The highest BCUT2D eigenvalue weighted by molar-refractivity contribution is 5.76. The molecule has 1 heterocycles. The van der Waals surface area contributed by atoms with Crippen LogP contribution in [0.1, 0.15) is 47.0 Å². The van der Waals surface area contributed by atoms with Gasteiger partial charge >= 0.3 is 0 Å². The van der Waals surface area contributed by atoms with Crippen LogP contribution in [0.4, 0.5) is 0 Å². The highest BCUT2D eigenvalue weighted by atomic mass is 16.1. The third-order valence-electron chi connectivity index (χ3n) is 4.24. The molecule has 1 aliphatic rings. The molecule has 0 aromatic rings. The molecule has 0 spiro atoms. The van der Waals surface area contributed by atoms with Gasteiger partial charge < -0.3 is 10.6 Å². The molecule has 2 N–H and O–H groups in total. The van der Waals surface area contributed by atoms with E-state index in [2.05, 4.69) is 38.3 Å². The lowest BCUT2D eigenvalue weighted by Crippen LogP contribution is -2.38. The third kappa shape index (κ3) is 5.07. The van der Waals surface area contributed by atoms with Gasteiger partial charge in [-0.1, -0.05) is 27.7 Å². The summed E-state index contributed by atoms with van der Waals surface area (Å²) in [4.78, 5) is 11.8. The summed E-state index contributed by atoms with van der Waals surface area (Å²) in [6.07, 6.45) is 2.98. The van der Waals surface area contributed by atoms with Gasteiger partial charge in [-0.05, 0) is 43.2 Å². The molecule has 17 heavy (non-hydrogen) atoms. The van der Waals surface area contributed by atoms with Crippen molar-refractivity contribution in [1.82, 2.24) is 10.6 Å². The molecule has 3 heteroatoms. The van der Waals surface area contributed by atoms with Crippen LogP contribution in [0.25, 0.3) is 0 Å². The molecule has 100 valence electrons. The fourth-order valence-electron chi connectivity index (χ4n) is 1.95.